The Hall–Kier alpha value is -1.06. The Labute approximate surface area is 141 Å². The molecule has 1 N–H and O–H groups in total. The van der Waals surface area contributed by atoms with Crippen molar-refractivity contribution in [3.05, 3.63) is 0 Å². The molecular formula is C19H34O4. The van der Waals surface area contributed by atoms with Crippen molar-refractivity contribution in [1.82, 2.24) is 0 Å². The van der Waals surface area contributed by atoms with E-state index in [1.807, 2.05) is 0 Å². The fourth-order valence-corrected chi connectivity index (χ4v) is 3.45. The summed E-state index contributed by atoms with van der Waals surface area (Å²) in [7, 11) is 1.47. The average Bonchev–Trinajstić information content (AvgIpc) is 2.46. The third kappa shape index (κ3) is 6.92. The monoisotopic (exact) mass is 326 g/mol. The number of rotatable bonds is 2. The number of ether oxygens (including phenoxy) is 1. The van der Waals surface area contributed by atoms with E-state index >= 15 is 0 Å². The van der Waals surface area contributed by atoms with Crippen LogP contribution in [0.15, 0.2) is 0 Å². The summed E-state index contributed by atoms with van der Waals surface area (Å²) < 4.78 is 4.72. The zero-order valence-electron chi connectivity index (χ0n) is 15.5. The normalized spacial score (nSPS) is 24.2. The number of carboxylic acids is 1. The van der Waals surface area contributed by atoms with Gasteiger partial charge in [-0.1, -0.05) is 27.7 Å². The first kappa shape index (κ1) is 20.0. The predicted octanol–water partition coefficient (Wildman–Crippen LogP) is 4.66. The summed E-state index contributed by atoms with van der Waals surface area (Å²) in [6.07, 6.45) is 8.14. The van der Waals surface area contributed by atoms with Crippen LogP contribution in [0.2, 0.25) is 0 Å². The van der Waals surface area contributed by atoms with E-state index in [9.17, 15) is 9.59 Å². The quantitative estimate of drug-likeness (QED) is 0.749. The Balaban J connectivity index is 0.000000231. The lowest BCUT2D eigenvalue weighted by Gasteiger charge is -2.32. The van der Waals surface area contributed by atoms with E-state index in [0.717, 1.165) is 51.4 Å². The number of carbonyl (C=O) groups excluding carboxylic acids is 1. The van der Waals surface area contributed by atoms with Gasteiger partial charge in [-0.15, -0.1) is 0 Å². The molecule has 2 saturated carbocycles. The number of carbonyl (C=O) groups is 2. The number of aliphatic carboxylic acids is 1. The minimum atomic E-state index is -0.611. The highest BCUT2D eigenvalue weighted by Gasteiger charge is 2.31. The summed E-state index contributed by atoms with van der Waals surface area (Å²) in [5.41, 5.74) is 0.816. The van der Waals surface area contributed by atoms with Crippen LogP contribution in [-0.4, -0.2) is 24.2 Å². The van der Waals surface area contributed by atoms with Crippen LogP contribution in [0.4, 0.5) is 0 Å². The summed E-state index contributed by atoms with van der Waals surface area (Å²) >= 11 is 0. The van der Waals surface area contributed by atoms with Gasteiger partial charge in [-0.05, 0) is 62.2 Å². The van der Waals surface area contributed by atoms with Crippen LogP contribution >= 0.6 is 0 Å². The molecule has 0 bridgehead atoms. The number of hydrogen-bond acceptors (Lipinski definition) is 3. The lowest BCUT2D eigenvalue weighted by atomic mass is 9.73. The maximum Gasteiger partial charge on any atom is 0.308 e. The predicted molar refractivity (Wildman–Crippen MR) is 91.1 cm³/mol. The maximum absolute atomic E-state index is 11.2. The molecule has 0 heterocycles. The first-order chi connectivity index (χ1) is 10.6. The van der Waals surface area contributed by atoms with Crippen LogP contribution < -0.4 is 0 Å². The second-order valence-electron chi connectivity index (χ2n) is 8.74. The maximum atomic E-state index is 11.2. The van der Waals surface area contributed by atoms with E-state index < -0.39 is 5.97 Å². The molecule has 0 radical (unpaired) electrons. The van der Waals surface area contributed by atoms with Gasteiger partial charge in [0.05, 0.1) is 18.9 Å². The topological polar surface area (TPSA) is 63.6 Å². The molecule has 4 heteroatoms. The Morgan fingerprint density at radius 1 is 0.826 bits per heavy atom. The largest absolute Gasteiger partial charge is 0.481 e. The summed E-state index contributed by atoms with van der Waals surface area (Å²) in [5.74, 6) is -0.531. The van der Waals surface area contributed by atoms with E-state index in [0.29, 0.717) is 10.8 Å². The lowest BCUT2D eigenvalue weighted by molar-refractivity contribution is -0.147. The minimum absolute atomic E-state index is 0.0227. The fourth-order valence-electron chi connectivity index (χ4n) is 3.45. The van der Waals surface area contributed by atoms with E-state index in [1.54, 1.807) is 0 Å². The minimum Gasteiger partial charge on any atom is -0.481 e. The molecule has 0 unspecified atom stereocenters. The van der Waals surface area contributed by atoms with Gasteiger partial charge in [0.15, 0.2) is 0 Å². The third-order valence-electron chi connectivity index (χ3n) is 5.56. The van der Waals surface area contributed by atoms with Crippen molar-refractivity contribution in [2.45, 2.75) is 79.1 Å². The van der Waals surface area contributed by atoms with Crippen molar-refractivity contribution in [1.29, 1.82) is 0 Å². The van der Waals surface area contributed by atoms with Crippen LogP contribution in [0.3, 0.4) is 0 Å². The highest BCUT2D eigenvalue weighted by Crippen LogP contribution is 2.38. The number of carboxylic acid groups (broad SMARTS) is 1. The molecule has 2 fully saturated rings. The van der Waals surface area contributed by atoms with Crippen LogP contribution in [-0.2, 0) is 14.3 Å². The molecule has 0 aromatic carbocycles. The molecule has 0 aliphatic heterocycles. The van der Waals surface area contributed by atoms with Crippen LogP contribution in [0.25, 0.3) is 0 Å². The second kappa shape index (κ2) is 8.16. The smallest absolute Gasteiger partial charge is 0.308 e. The van der Waals surface area contributed by atoms with Crippen molar-refractivity contribution >= 4 is 11.9 Å². The van der Waals surface area contributed by atoms with Gasteiger partial charge in [0.1, 0.15) is 0 Å². The van der Waals surface area contributed by atoms with Crippen molar-refractivity contribution in [3.8, 4) is 0 Å². The Bertz CT molecular complexity index is 392. The van der Waals surface area contributed by atoms with Crippen molar-refractivity contribution in [2.75, 3.05) is 7.11 Å². The molecule has 2 aliphatic rings. The molecule has 2 aliphatic carbocycles. The number of methoxy groups -OCH3 is 1. The fraction of sp³-hybridized carbons (Fsp3) is 0.895. The Morgan fingerprint density at radius 2 is 1.17 bits per heavy atom. The molecule has 134 valence electrons. The summed E-state index contributed by atoms with van der Waals surface area (Å²) in [6.45, 7) is 8.96. The second-order valence-corrected chi connectivity index (χ2v) is 8.74. The van der Waals surface area contributed by atoms with Gasteiger partial charge in [0, 0.05) is 0 Å². The number of esters is 1. The van der Waals surface area contributed by atoms with E-state index in [4.69, 9.17) is 9.84 Å². The molecule has 0 atom stereocenters. The van der Waals surface area contributed by atoms with Crippen LogP contribution in [0.1, 0.15) is 79.1 Å². The molecule has 0 aromatic heterocycles. The van der Waals surface area contributed by atoms with Gasteiger partial charge < -0.3 is 9.84 Å². The SMILES string of the molecule is CC1(C)CCC(C(=O)O)CC1.COC(=O)C1CCC(C)(C)CC1. The lowest BCUT2D eigenvalue weighted by Crippen LogP contribution is -2.26. The highest BCUT2D eigenvalue weighted by atomic mass is 16.5. The van der Waals surface area contributed by atoms with Gasteiger partial charge in [-0.3, -0.25) is 9.59 Å². The Morgan fingerprint density at radius 3 is 1.48 bits per heavy atom. The van der Waals surface area contributed by atoms with Gasteiger partial charge in [0.25, 0.3) is 0 Å². The Kier molecular flexibility index (Phi) is 7.09. The highest BCUT2D eigenvalue weighted by molar-refractivity contribution is 5.72. The molecule has 2 rings (SSSR count). The van der Waals surface area contributed by atoms with Gasteiger partial charge in [0.2, 0.25) is 0 Å². The van der Waals surface area contributed by atoms with Gasteiger partial charge >= 0.3 is 11.9 Å². The van der Waals surface area contributed by atoms with Crippen molar-refractivity contribution < 1.29 is 19.4 Å². The molecule has 4 nitrogen and oxygen atoms in total. The van der Waals surface area contributed by atoms with E-state index in [-0.39, 0.29) is 17.8 Å². The molecular weight excluding hydrogens is 292 g/mol. The van der Waals surface area contributed by atoms with E-state index in [1.165, 1.54) is 7.11 Å². The van der Waals surface area contributed by atoms with Gasteiger partial charge in [-0.2, -0.15) is 0 Å². The van der Waals surface area contributed by atoms with E-state index in [2.05, 4.69) is 27.7 Å². The van der Waals surface area contributed by atoms with Crippen molar-refractivity contribution in [3.63, 3.8) is 0 Å². The average molecular weight is 326 g/mol. The summed E-state index contributed by atoms with van der Waals surface area (Å²) in [4.78, 5) is 21.7. The molecule has 0 saturated heterocycles. The zero-order chi connectivity index (χ0) is 17.7. The summed E-state index contributed by atoms with van der Waals surface area (Å²) in [6, 6.07) is 0. The number of hydrogen-bond donors (Lipinski definition) is 1. The first-order valence-electron chi connectivity index (χ1n) is 8.87. The molecule has 0 aromatic rings. The van der Waals surface area contributed by atoms with Gasteiger partial charge in [-0.25, -0.2) is 0 Å². The first-order valence-corrected chi connectivity index (χ1v) is 8.87. The standard InChI is InChI=1S/C10H18O2.C9H16O2/c1-10(2)6-4-8(5-7-10)9(11)12-3;1-9(2)5-3-7(4-6-9)8(10)11/h8H,4-7H2,1-3H3;7H,3-6H2,1-2H3,(H,10,11). The van der Waals surface area contributed by atoms with Crippen LogP contribution in [0, 0.1) is 22.7 Å². The zero-order valence-corrected chi connectivity index (χ0v) is 15.5. The van der Waals surface area contributed by atoms with Crippen molar-refractivity contribution in [2.24, 2.45) is 22.7 Å². The molecule has 23 heavy (non-hydrogen) atoms. The van der Waals surface area contributed by atoms with Crippen LogP contribution in [0.5, 0.6) is 0 Å². The summed E-state index contributed by atoms with van der Waals surface area (Å²) in [5, 5.41) is 8.71. The molecule has 0 spiro atoms. The molecule has 0 amide bonds. The third-order valence-corrected chi connectivity index (χ3v) is 5.56.